The highest BCUT2D eigenvalue weighted by atomic mass is 16.5. The number of benzene rings is 1. The second-order valence-electron chi connectivity index (χ2n) is 5.48. The van der Waals surface area contributed by atoms with Gasteiger partial charge in [-0.3, -0.25) is 0 Å². The number of ether oxygens (including phenoxy) is 2. The zero-order valence-corrected chi connectivity index (χ0v) is 13.2. The molecule has 116 valence electrons. The van der Waals surface area contributed by atoms with Crippen molar-refractivity contribution >= 4 is 0 Å². The Kier molecular flexibility index (Phi) is 4.56. The van der Waals surface area contributed by atoms with E-state index in [1.54, 1.807) is 0 Å². The number of hydrogen-bond donors (Lipinski definition) is 0. The van der Waals surface area contributed by atoms with Crippen LogP contribution in [-0.2, 0) is 0 Å². The fourth-order valence-electron chi connectivity index (χ4n) is 2.98. The van der Waals surface area contributed by atoms with Gasteiger partial charge in [-0.25, -0.2) is 0 Å². The minimum absolute atomic E-state index is 0.419. The molecule has 0 unspecified atom stereocenters. The summed E-state index contributed by atoms with van der Waals surface area (Å²) in [6.07, 6.45) is 2.35. The summed E-state index contributed by atoms with van der Waals surface area (Å²) in [7, 11) is 0. The molecular formula is C18H22N2O2. The van der Waals surface area contributed by atoms with Gasteiger partial charge in [-0.1, -0.05) is 30.3 Å². The third-order valence-electron chi connectivity index (χ3n) is 4.15. The molecule has 22 heavy (non-hydrogen) atoms. The highest BCUT2D eigenvalue weighted by Gasteiger charge is 2.35. The van der Waals surface area contributed by atoms with Crippen molar-refractivity contribution in [1.29, 1.82) is 0 Å². The van der Waals surface area contributed by atoms with Gasteiger partial charge in [0.15, 0.2) is 0 Å². The normalized spacial score (nSPS) is 20.3. The van der Waals surface area contributed by atoms with Gasteiger partial charge < -0.3 is 9.47 Å². The number of nitrogens with zero attached hydrogens (tertiary/aromatic N) is 2. The summed E-state index contributed by atoms with van der Waals surface area (Å²) in [6, 6.07) is 13.0. The average Bonchev–Trinajstić information content (AvgIpc) is 2.48. The smallest absolute Gasteiger partial charge is 0.319 e. The molecule has 2 aromatic rings. The Hall–Kier alpha value is -2.10. The number of rotatable bonds is 6. The summed E-state index contributed by atoms with van der Waals surface area (Å²) in [5.74, 6) is 1.55. The van der Waals surface area contributed by atoms with Crippen LogP contribution in [0.5, 0.6) is 11.9 Å². The molecule has 0 radical (unpaired) electrons. The molecule has 0 amide bonds. The lowest BCUT2D eigenvalue weighted by Gasteiger charge is -2.36. The Labute approximate surface area is 131 Å². The van der Waals surface area contributed by atoms with Gasteiger partial charge >= 0.3 is 6.01 Å². The lowest BCUT2D eigenvalue weighted by Crippen LogP contribution is -2.23. The first kappa shape index (κ1) is 14.8. The van der Waals surface area contributed by atoms with Crippen LogP contribution < -0.4 is 9.47 Å². The number of aromatic nitrogens is 2. The van der Waals surface area contributed by atoms with Gasteiger partial charge in [-0.05, 0) is 38.2 Å². The van der Waals surface area contributed by atoms with Crippen LogP contribution in [0.3, 0.4) is 0 Å². The largest absolute Gasteiger partial charge is 0.478 e. The van der Waals surface area contributed by atoms with Crippen molar-refractivity contribution in [2.45, 2.75) is 38.5 Å². The van der Waals surface area contributed by atoms with Crippen molar-refractivity contribution in [2.75, 3.05) is 13.2 Å². The quantitative estimate of drug-likeness (QED) is 0.810. The highest BCUT2D eigenvalue weighted by molar-refractivity contribution is 5.31. The molecule has 1 heterocycles. The Bertz CT molecular complexity index is 591. The Morgan fingerprint density at radius 3 is 2.32 bits per heavy atom. The third-order valence-corrected chi connectivity index (χ3v) is 4.15. The molecule has 1 aromatic heterocycles. The van der Waals surface area contributed by atoms with Crippen molar-refractivity contribution in [3.05, 3.63) is 47.7 Å². The molecule has 4 heteroatoms. The first-order chi connectivity index (χ1) is 10.8. The van der Waals surface area contributed by atoms with Crippen LogP contribution in [0, 0.1) is 0 Å². The summed E-state index contributed by atoms with van der Waals surface area (Å²) in [5.41, 5.74) is 2.41. The van der Waals surface area contributed by atoms with E-state index in [9.17, 15) is 0 Å². The average molecular weight is 298 g/mol. The van der Waals surface area contributed by atoms with Gasteiger partial charge in [0.1, 0.15) is 0 Å². The van der Waals surface area contributed by atoms with Gasteiger partial charge in [0.25, 0.3) is 0 Å². The fourth-order valence-corrected chi connectivity index (χ4v) is 2.98. The van der Waals surface area contributed by atoms with E-state index in [0.29, 0.717) is 36.9 Å². The Morgan fingerprint density at radius 2 is 1.68 bits per heavy atom. The molecule has 0 spiro atoms. The second kappa shape index (κ2) is 6.77. The molecule has 1 aliphatic rings. The summed E-state index contributed by atoms with van der Waals surface area (Å²) >= 11 is 0. The first-order valence-electron chi connectivity index (χ1n) is 8.01. The summed E-state index contributed by atoms with van der Waals surface area (Å²) in [4.78, 5) is 8.89. The molecule has 0 saturated heterocycles. The predicted octanol–water partition coefficient (Wildman–Crippen LogP) is 3.94. The first-order valence-corrected chi connectivity index (χ1v) is 8.01. The molecule has 1 aliphatic carbocycles. The van der Waals surface area contributed by atoms with Crippen molar-refractivity contribution in [2.24, 2.45) is 0 Å². The van der Waals surface area contributed by atoms with Crippen LogP contribution in [0.15, 0.2) is 36.4 Å². The molecule has 4 nitrogen and oxygen atoms in total. The maximum absolute atomic E-state index is 5.56. The van der Waals surface area contributed by atoms with E-state index < -0.39 is 0 Å². The fraction of sp³-hybridized carbons (Fsp3) is 0.444. The van der Waals surface area contributed by atoms with E-state index in [0.717, 1.165) is 12.1 Å². The van der Waals surface area contributed by atoms with E-state index in [-0.39, 0.29) is 0 Å². The topological polar surface area (TPSA) is 44.2 Å². The maximum Gasteiger partial charge on any atom is 0.319 e. The van der Waals surface area contributed by atoms with E-state index >= 15 is 0 Å². The van der Waals surface area contributed by atoms with E-state index in [4.69, 9.17) is 9.47 Å². The second-order valence-corrected chi connectivity index (χ2v) is 5.48. The van der Waals surface area contributed by atoms with E-state index in [2.05, 4.69) is 40.3 Å². The van der Waals surface area contributed by atoms with Crippen molar-refractivity contribution in [3.63, 3.8) is 0 Å². The molecule has 0 aliphatic heterocycles. The SMILES string of the molecule is CCOc1cc([C@H]2CC[C@H]2c2ccccc2)nc(OCC)n1. The third kappa shape index (κ3) is 3.06. The van der Waals surface area contributed by atoms with Crippen LogP contribution in [0.2, 0.25) is 0 Å². The summed E-state index contributed by atoms with van der Waals surface area (Å²) in [5, 5.41) is 0. The molecule has 0 bridgehead atoms. The van der Waals surface area contributed by atoms with Crippen LogP contribution in [0.25, 0.3) is 0 Å². The van der Waals surface area contributed by atoms with Gasteiger partial charge in [-0.15, -0.1) is 0 Å². The molecule has 1 aromatic carbocycles. The Morgan fingerprint density at radius 1 is 0.955 bits per heavy atom. The maximum atomic E-state index is 5.56. The van der Waals surface area contributed by atoms with Crippen LogP contribution in [-0.4, -0.2) is 23.2 Å². The minimum atomic E-state index is 0.419. The molecular weight excluding hydrogens is 276 g/mol. The summed E-state index contributed by atoms with van der Waals surface area (Å²) in [6.45, 7) is 5.04. The molecule has 0 N–H and O–H groups in total. The molecule has 1 fully saturated rings. The molecule has 3 rings (SSSR count). The lowest BCUT2D eigenvalue weighted by atomic mass is 9.68. The predicted molar refractivity (Wildman–Crippen MR) is 85.5 cm³/mol. The zero-order valence-electron chi connectivity index (χ0n) is 13.2. The monoisotopic (exact) mass is 298 g/mol. The van der Waals surface area contributed by atoms with E-state index in [1.807, 2.05) is 19.9 Å². The van der Waals surface area contributed by atoms with E-state index in [1.165, 1.54) is 12.0 Å². The van der Waals surface area contributed by atoms with Crippen molar-refractivity contribution < 1.29 is 9.47 Å². The standard InChI is InChI=1S/C18H22N2O2/c1-3-21-17-12-16(19-18(20-17)22-4-2)15-11-10-14(15)13-8-6-5-7-9-13/h5-9,12,14-15H,3-4,10-11H2,1-2H3/t14-,15-/m0/s1. The summed E-state index contributed by atoms with van der Waals surface area (Å²) < 4.78 is 11.1. The van der Waals surface area contributed by atoms with Crippen molar-refractivity contribution in [3.8, 4) is 11.9 Å². The Balaban J connectivity index is 1.87. The van der Waals surface area contributed by atoms with Crippen molar-refractivity contribution in [1.82, 2.24) is 9.97 Å². The van der Waals surface area contributed by atoms with Gasteiger partial charge in [0.2, 0.25) is 5.88 Å². The number of hydrogen-bond acceptors (Lipinski definition) is 4. The van der Waals surface area contributed by atoms with Crippen LogP contribution >= 0.6 is 0 Å². The minimum Gasteiger partial charge on any atom is -0.478 e. The zero-order chi connectivity index (χ0) is 15.4. The highest BCUT2D eigenvalue weighted by Crippen LogP contribution is 2.48. The van der Waals surface area contributed by atoms with Gasteiger partial charge in [-0.2, -0.15) is 9.97 Å². The van der Waals surface area contributed by atoms with Gasteiger partial charge in [0, 0.05) is 12.0 Å². The molecule has 2 atom stereocenters. The molecule has 1 saturated carbocycles. The lowest BCUT2D eigenvalue weighted by molar-refractivity contribution is 0.279. The van der Waals surface area contributed by atoms with Crippen LogP contribution in [0.4, 0.5) is 0 Å². The van der Waals surface area contributed by atoms with Crippen LogP contribution in [0.1, 0.15) is 49.8 Å². The van der Waals surface area contributed by atoms with Gasteiger partial charge in [0.05, 0.1) is 18.9 Å².